The molecule has 10 aromatic heterocycles. The van der Waals surface area contributed by atoms with Gasteiger partial charge < -0.3 is 59.3 Å². The number of nitrogens with one attached hydrogen (secondary N) is 6. The van der Waals surface area contributed by atoms with Crippen molar-refractivity contribution in [3.63, 3.8) is 0 Å². The van der Waals surface area contributed by atoms with E-state index in [0.717, 1.165) is 168 Å². The minimum absolute atomic E-state index is 0. The Morgan fingerprint density at radius 3 is 1.36 bits per heavy atom. The third-order valence-electron chi connectivity index (χ3n) is 16.4. The van der Waals surface area contributed by atoms with Crippen LogP contribution in [0.1, 0.15) is 67.3 Å². The number of aromatic nitrogens is 18. The number of halogens is 6. The number of non-ortho nitro benzene ring substituents is 1. The van der Waals surface area contributed by atoms with E-state index in [-0.39, 0.29) is 69.8 Å². The van der Waals surface area contributed by atoms with Gasteiger partial charge in [-0.1, -0.05) is 68.8 Å². The predicted molar refractivity (Wildman–Crippen MR) is 541 cm³/mol. The SMILES string of the molecule is CCC.Cc1cc(CC(=O)NN)n[nH]1.Cc1cc(CCCl)n[nH]1.Cc1cc(CCO)n[nH]1.Cc1cc(O)cc(=O)o1.NN.Nc1cc(CCN2CCN(c3cccc4nsnc34)CC2)[nH]n1.Nc1cccc2nsnc12.Nc1ccccc1N.O=P(Cl)(Cl)Cl.O=S(Cl)Cl.O=[N+]([O-])O.O=[N+]([O-])c1cccc2nsnc12.[B].[H-].[Na+].c1cc(N2CCNCC2)c2nsnc2c1.c1ccc2nsnc2c1. The second-order valence-corrected chi connectivity index (χ2v) is 38.7. The number of anilines is 6. The molecule has 0 saturated carbocycles. The summed E-state index contributed by atoms with van der Waals surface area (Å²) in [6, 6.07) is 47.9. The minimum Gasteiger partial charge on any atom is -1.00 e. The first-order valence-electron chi connectivity index (χ1n) is 39.0. The fraction of sp³-hybridized carbons (Fsp3) is 0.289. The van der Waals surface area contributed by atoms with Crippen molar-refractivity contribution in [3.8, 4) is 5.75 Å². The normalized spacial score (nSPS) is 11.4. The van der Waals surface area contributed by atoms with Gasteiger partial charge >= 0.3 is 40.4 Å². The van der Waals surface area contributed by atoms with Gasteiger partial charge in [0, 0.05) is 161 Å². The van der Waals surface area contributed by atoms with Gasteiger partial charge in [-0.3, -0.25) is 61.9 Å². The molecule has 135 heavy (non-hydrogen) atoms. The van der Waals surface area contributed by atoms with E-state index in [1.54, 1.807) is 37.3 Å². The van der Waals surface area contributed by atoms with Gasteiger partial charge in [-0.05, 0) is 146 Å². The van der Waals surface area contributed by atoms with Crippen molar-refractivity contribution in [2.45, 2.75) is 73.6 Å². The number of aryl methyl sites for hydroxylation is 5. The van der Waals surface area contributed by atoms with Crippen molar-refractivity contribution in [3.05, 3.63) is 234 Å². The fourth-order valence-electron chi connectivity index (χ4n) is 10.8. The number of aliphatic hydroxyl groups is 1. The van der Waals surface area contributed by atoms with Crippen molar-refractivity contribution in [2.75, 3.05) is 104 Å². The Morgan fingerprint density at radius 1 is 0.570 bits per heavy atom. The van der Waals surface area contributed by atoms with Crippen LogP contribution < -0.4 is 96.2 Å². The van der Waals surface area contributed by atoms with Crippen molar-refractivity contribution in [1.82, 2.24) is 100 Å². The molecule has 0 bridgehead atoms. The Balaban J connectivity index is 0.000000750. The van der Waals surface area contributed by atoms with Crippen molar-refractivity contribution >= 4 is 249 Å². The molecule has 6 aromatic carbocycles. The minimum atomic E-state index is -3.22. The number of nitro benzene ring substituents is 1. The van der Waals surface area contributed by atoms with Crippen molar-refractivity contribution in [2.24, 2.45) is 17.5 Å². The summed E-state index contributed by atoms with van der Waals surface area (Å²) < 4.78 is 64.4. The van der Waals surface area contributed by atoms with E-state index in [0.29, 0.717) is 57.7 Å². The predicted octanol–water partition coefficient (Wildman–Crippen LogP) is 10.0. The van der Waals surface area contributed by atoms with Crippen LogP contribution in [-0.2, 0) is 44.3 Å². The molecule has 0 unspecified atom stereocenters. The number of rotatable bonds is 12. The Morgan fingerprint density at radius 2 is 0.956 bits per heavy atom. The van der Waals surface area contributed by atoms with Gasteiger partial charge in [0.05, 0.1) is 122 Å². The second-order valence-electron chi connectivity index (χ2n) is 26.5. The molecule has 0 spiro atoms. The third-order valence-corrected chi connectivity index (χ3v) is 19.3. The number of aromatic amines is 4. The van der Waals surface area contributed by atoms with Crippen LogP contribution in [0, 0.1) is 47.9 Å². The molecular weight excluding hydrogens is 2020 g/mol. The maximum atomic E-state index is 10.7. The van der Waals surface area contributed by atoms with Crippen LogP contribution in [0.4, 0.5) is 39.9 Å². The molecule has 2 aliphatic rings. The zero-order valence-electron chi connectivity index (χ0n) is 74.6. The van der Waals surface area contributed by atoms with Crippen LogP contribution in [0.2, 0.25) is 0 Å². The average Bonchev–Trinajstić information content (AvgIpc) is 1.75. The quantitative estimate of drug-likeness (QED) is 0.00622. The number of amides is 1. The number of hydrogen-bond donors (Lipinski definition) is 16. The Kier molecular flexibility index (Phi) is 60.8. The number of H-pyrrole nitrogens is 4. The number of piperazine rings is 2. The average molecular weight is 2120 g/mol. The number of benzene rings is 6. The van der Waals surface area contributed by atoms with Gasteiger partial charge in [0.1, 0.15) is 67.0 Å². The smallest absolute Gasteiger partial charge is 1.00 e. The first kappa shape index (κ1) is 121. The van der Waals surface area contributed by atoms with Gasteiger partial charge in [0.25, 0.3) is 10.8 Å². The number of aliphatic hydroxyl groups excluding tert-OH is 1. The Hall–Kier alpha value is -10.2. The number of nitrogens with zero attached hydrogens (tertiary/aromatic N) is 19. The molecular formula is C76H100BCl6N32NaO12PS6. The van der Waals surface area contributed by atoms with Crippen molar-refractivity contribution in [1.29, 1.82) is 0 Å². The van der Waals surface area contributed by atoms with Crippen LogP contribution in [0.15, 0.2) is 167 Å². The molecule has 0 aliphatic carbocycles. The van der Waals surface area contributed by atoms with E-state index >= 15 is 0 Å². The van der Waals surface area contributed by atoms with E-state index in [2.05, 4.69) is 214 Å². The number of carbonyl (C=O) groups is 1. The zero-order chi connectivity index (χ0) is 98.2. The molecule has 2 aliphatic heterocycles. The summed E-state index contributed by atoms with van der Waals surface area (Å²) in [5.74, 6) is 14.2. The summed E-state index contributed by atoms with van der Waals surface area (Å²) in [4.78, 5) is 46.7. The maximum absolute atomic E-state index is 10.7. The zero-order valence-corrected chi connectivity index (χ0v) is 86.0. The molecule has 723 valence electrons. The van der Waals surface area contributed by atoms with Crippen LogP contribution in [0.5, 0.6) is 5.75 Å². The molecule has 2 saturated heterocycles. The van der Waals surface area contributed by atoms with E-state index in [9.17, 15) is 24.3 Å². The summed E-state index contributed by atoms with van der Waals surface area (Å²) in [7, 11) is 7.36. The summed E-state index contributed by atoms with van der Waals surface area (Å²) in [6.07, 6.45) is 3.92. The standard InChI is InChI=1S/C15H19N7S.C10H12N4S.C6H9ClN2.C6H10N4O.C6H3N3O2S.C6H5N3S.C6H10N2O.C6H4N2S.C6H8N2.C6H6O3.C3H8.B.Cl3OP.Cl2OS.H4N2.HNO3.Na.H/c16-14-10-11(17-18-14)4-5-21-6-8-22(9-7-21)13-3-1-2-12-15(13)20-23-19-12;1-2-8-10(13-15-12-8)9(3-1)14-6-4-11-5-7-14;1-5-4-6(2-3-7)9-8-5;1-4-2-5(10-9-4)3-6(11)8-7;10-9(11)5-3-1-2-4-6(5)8-12-7-4;7-4-2-1-3-5-6(4)9-10-8-5;1-5-4-6(2-3-9)8-7-5;1-2-4-6-5(3-1)7-9-8-6;7-5-3-1-2-4-6(5)8;1-4-2-5(7)3-6(8)9-4;1-3-2;;1-5(2,3)4;1-4(2)3;1-2;2-1(3)4;;/h1-3,10H,4-9H2,(H3,16,17,18);1-3,11H,4-7H2;4H,2-3H2,1H3,(H,8,9);2H,3,7H2,1H3,(H,8,11)(H,9,10);1-3H;1-3H,7H2;4,9H,2-3H2,1H3,(H,7,8);1-4H;1-4H,7-8H2;2-3,7H,1H3;3H2,1-2H3;;;;1-2H2;(H,2,3,4);;/q;;;;;;;;;;;;;;;;+1;-1. The number of hydrazine groups is 2. The maximum Gasteiger partial charge on any atom is 1.00 e. The third kappa shape index (κ3) is 49.4. The first-order valence-corrected chi connectivity index (χ1v) is 50.4. The molecule has 0 atom stereocenters. The van der Waals surface area contributed by atoms with Gasteiger partial charge in [-0.15, -0.1) is 21.7 Å². The molecule has 12 heterocycles. The number of hydrogen-bond acceptors (Lipinski definition) is 41. The number of alkyl halides is 1. The number of nitrogens with two attached hydrogens (primary N) is 7. The van der Waals surface area contributed by atoms with E-state index in [1.807, 2.05) is 111 Å². The Bertz CT molecular complexity index is 6030. The molecule has 2 fully saturated rings. The summed E-state index contributed by atoms with van der Waals surface area (Å²) >= 11 is 25.3. The molecule has 1 amide bonds. The molecule has 18 rings (SSSR count). The molecule has 16 aromatic rings. The fourth-order valence-corrected chi connectivity index (χ4v) is 13.7. The molecule has 23 N–H and O–H groups in total. The van der Waals surface area contributed by atoms with E-state index in [4.69, 9.17) is 70.1 Å². The number of carbonyl (C=O) groups excluding carboxylic acids is 1. The van der Waals surface area contributed by atoms with Gasteiger partial charge in [-0.25, -0.2) is 14.8 Å². The number of para-hydroxylation sites is 2. The molecule has 59 heteroatoms. The number of nitro groups is 1. The molecule has 44 nitrogen and oxygen atoms in total. The Labute approximate surface area is 851 Å². The number of aromatic hydroxyl groups is 1. The topological polar surface area (TPSA) is 688 Å². The van der Waals surface area contributed by atoms with E-state index < -0.39 is 30.1 Å². The molecule has 3 radical (unpaired) electrons. The number of nitrogen functional groups attached to an aromatic ring is 4. The number of fused-ring (bicyclic) bond motifs is 5. The summed E-state index contributed by atoms with van der Waals surface area (Å²) in [6.45, 7) is 21.2. The van der Waals surface area contributed by atoms with Gasteiger partial charge in [-0.2, -0.15) is 64.1 Å². The largest absolute Gasteiger partial charge is 1.00 e. The van der Waals surface area contributed by atoms with Crippen LogP contribution in [0.25, 0.3) is 55.2 Å². The van der Waals surface area contributed by atoms with Gasteiger partial charge in [0.2, 0.25) is 15.1 Å². The van der Waals surface area contributed by atoms with E-state index in [1.165, 1.54) is 76.8 Å². The summed E-state index contributed by atoms with van der Waals surface area (Å²) in [5.41, 5.74) is 43.5. The van der Waals surface area contributed by atoms with Crippen LogP contribution in [-0.4, -0.2) is 205 Å². The van der Waals surface area contributed by atoms with Crippen LogP contribution in [0.3, 0.4) is 0 Å². The van der Waals surface area contributed by atoms with Crippen LogP contribution >= 0.6 is 131 Å². The van der Waals surface area contributed by atoms with Gasteiger partial charge in [0.15, 0.2) is 5.52 Å². The monoisotopic (exact) mass is 2120 g/mol. The van der Waals surface area contributed by atoms with Crippen molar-refractivity contribution < 1.29 is 74.4 Å². The second kappa shape index (κ2) is 67.9. The first-order chi connectivity index (χ1) is 63.6. The summed E-state index contributed by atoms with van der Waals surface area (Å²) in [5, 5.41) is 68.5.